The van der Waals surface area contributed by atoms with E-state index in [2.05, 4.69) is 76.2 Å². The zero-order valence-corrected chi connectivity index (χ0v) is 20.1. The summed E-state index contributed by atoms with van der Waals surface area (Å²) in [6.45, 7) is 30.0. The zero-order chi connectivity index (χ0) is 21.4. The first-order valence-electron chi connectivity index (χ1n) is 9.93. The van der Waals surface area contributed by atoms with E-state index < -0.39 is 5.60 Å². The van der Waals surface area contributed by atoms with Crippen LogP contribution in [0.25, 0.3) is 0 Å². The van der Waals surface area contributed by atoms with Crippen LogP contribution in [0.3, 0.4) is 0 Å². The van der Waals surface area contributed by atoms with Gasteiger partial charge >= 0.3 is 5.97 Å². The SMILES string of the molecule is CC(=O)OC(C)(C)CC(C)(C)C(C)(C)OC(C)(C)C(C)(C)CC(C)(C)C. The van der Waals surface area contributed by atoms with Crippen molar-refractivity contribution < 1.29 is 14.3 Å². The molecule has 0 saturated carbocycles. The molecule has 0 spiro atoms. The fourth-order valence-corrected chi connectivity index (χ4v) is 4.16. The molecule has 0 N–H and O–H groups in total. The van der Waals surface area contributed by atoms with Crippen molar-refractivity contribution in [2.24, 2.45) is 16.2 Å². The van der Waals surface area contributed by atoms with Gasteiger partial charge < -0.3 is 9.47 Å². The number of rotatable bonds is 8. The molecular formula is C23H46O3. The maximum atomic E-state index is 11.4. The Morgan fingerprint density at radius 1 is 0.654 bits per heavy atom. The molecule has 0 saturated heterocycles. The van der Waals surface area contributed by atoms with Crippen LogP contribution in [0, 0.1) is 16.2 Å². The Balaban J connectivity index is 5.50. The molecule has 0 atom stereocenters. The number of hydrogen-bond acceptors (Lipinski definition) is 3. The van der Waals surface area contributed by atoms with Crippen molar-refractivity contribution in [3.63, 3.8) is 0 Å². The lowest BCUT2D eigenvalue weighted by atomic mass is 9.66. The highest BCUT2D eigenvalue weighted by Gasteiger charge is 2.49. The Hall–Kier alpha value is -0.570. The lowest BCUT2D eigenvalue weighted by Gasteiger charge is -2.53. The predicted octanol–water partition coefficient (Wildman–Crippen LogP) is 6.78. The first-order valence-corrected chi connectivity index (χ1v) is 9.93. The van der Waals surface area contributed by atoms with E-state index in [-0.39, 0.29) is 33.4 Å². The minimum absolute atomic E-state index is 0.0179. The fraction of sp³-hybridized carbons (Fsp3) is 0.957. The lowest BCUT2D eigenvalue weighted by molar-refractivity contribution is -0.227. The van der Waals surface area contributed by atoms with Gasteiger partial charge in [0.1, 0.15) is 5.60 Å². The third kappa shape index (κ3) is 7.21. The Bertz CT molecular complexity index is 488. The molecule has 0 unspecified atom stereocenters. The first kappa shape index (κ1) is 25.4. The molecule has 0 aliphatic carbocycles. The first-order chi connectivity index (χ1) is 11.0. The summed E-state index contributed by atoms with van der Waals surface area (Å²) < 4.78 is 12.3. The summed E-state index contributed by atoms with van der Waals surface area (Å²) in [5.41, 5.74) is -1.14. The van der Waals surface area contributed by atoms with Gasteiger partial charge in [-0.2, -0.15) is 0 Å². The van der Waals surface area contributed by atoms with Gasteiger partial charge in [-0.05, 0) is 70.6 Å². The van der Waals surface area contributed by atoms with Gasteiger partial charge in [-0.1, -0.05) is 48.5 Å². The Kier molecular flexibility index (Phi) is 7.29. The predicted molar refractivity (Wildman–Crippen MR) is 111 cm³/mol. The maximum absolute atomic E-state index is 11.4. The Morgan fingerprint density at radius 2 is 1.00 bits per heavy atom. The molecule has 0 aliphatic rings. The summed E-state index contributed by atoms with van der Waals surface area (Å²) in [4.78, 5) is 11.4. The Labute approximate surface area is 163 Å². The van der Waals surface area contributed by atoms with Crippen LogP contribution in [-0.4, -0.2) is 22.8 Å². The van der Waals surface area contributed by atoms with E-state index in [9.17, 15) is 4.79 Å². The minimum Gasteiger partial charge on any atom is -0.460 e. The van der Waals surface area contributed by atoms with Crippen LogP contribution in [0.15, 0.2) is 0 Å². The second-order valence-electron chi connectivity index (χ2n) is 12.2. The molecule has 3 heteroatoms. The average molecular weight is 371 g/mol. The van der Waals surface area contributed by atoms with Gasteiger partial charge in [0.15, 0.2) is 0 Å². The second-order valence-corrected chi connectivity index (χ2v) is 12.2. The standard InChI is InChI=1S/C23H46O3/c1-17(24)25-21(9,10)16-20(7,8)23(13,14)26-22(11,12)19(5,6)15-18(2,3)4/h15-16H2,1-14H3. The minimum atomic E-state index is -0.527. The monoisotopic (exact) mass is 370 g/mol. The van der Waals surface area contributed by atoms with Gasteiger partial charge in [-0.25, -0.2) is 0 Å². The molecule has 0 bridgehead atoms. The van der Waals surface area contributed by atoms with E-state index >= 15 is 0 Å². The molecule has 0 fully saturated rings. The van der Waals surface area contributed by atoms with Crippen LogP contribution in [0.5, 0.6) is 0 Å². The van der Waals surface area contributed by atoms with Crippen molar-refractivity contribution in [2.45, 2.75) is 127 Å². The molecule has 0 aliphatic heterocycles. The molecule has 156 valence electrons. The van der Waals surface area contributed by atoms with Crippen LogP contribution in [-0.2, 0) is 14.3 Å². The zero-order valence-electron chi connectivity index (χ0n) is 20.1. The van der Waals surface area contributed by atoms with Crippen molar-refractivity contribution >= 4 is 5.97 Å². The van der Waals surface area contributed by atoms with Crippen molar-refractivity contribution in [3.05, 3.63) is 0 Å². The van der Waals surface area contributed by atoms with Crippen molar-refractivity contribution in [3.8, 4) is 0 Å². The number of hydrogen-bond donors (Lipinski definition) is 0. The topological polar surface area (TPSA) is 35.5 Å². The highest BCUT2D eigenvalue weighted by Crippen LogP contribution is 2.49. The highest BCUT2D eigenvalue weighted by molar-refractivity contribution is 5.66. The largest absolute Gasteiger partial charge is 0.460 e. The van der Waals surface area contributed by atoms with Crippen LogP contribution >= 0.6 is 0 Å². The molecule has 0 heterocycles. The van der Waals surface area contributed by atoms with Crippen LogP contribution in [0.2, 0.25) is 0 Å². The summed E-state index contributed by atoms with van der Waals surface area (Å²) >= 11 is 0. The van der Waals surface area contributed by atoms with E-state index in [4.69, 9.17) is 9.47 Å². The summed E-state index contributed by atoms with van der Waals surface area (Å²) in [5, 5.41) is 0. The van der Waals surface area contributed by atoms with Gasteiger partial charge in [0.2, 0.25) is 0 Å². The lowest BCUT2D eigenvalue weighted by Crippen LogP contribution is -2.54. The summed E-state index contributed by atoms with van der Waals surface area (Å²) in [7, 11) is 0. The van der Waals surface area contributed by atoms with E-state index in [0.29, 0.717) is 0 Å². The summed E-state index contributed by atoms with van der Waals surface area (Å²) in [6, 6.07) is 0. The number of esters is 1. The van der Waals surface area contributed by atoms with Gasteiger partial charge in [0, 0.05) is 6.92 Å². The smallest absolute Gasteiger partial charge is 0.303 e. The molecule has 0 aromatic carbocycles. The van der Waals surface area contributed by atoms with Gasteiger partial charge in [0.05, 0.1) is 11.2 Å². The van der Waals surface area contributed by atoms with Crippen molar-refractivity contribution in [1.29, 1.82) is 0 Å². The normalized spacial score (nSPS) is 15.2. The van der Waals surface area contributed by atoms with Crippen LogP contribution in [0.1, 0.15) is 110 Å². The van der Waals surface area contributed by atoms with E-state index in [0.717, 1.165) is 12.8 Å². The molecule has 0 aromatic heterocycles. The third-order valence-electron chi connectivity index (χ3n) is 6.03. The van der Waals surface area contributed by atoms with E-state index in [1.807, 2.05) is 13.8 Å². The number of ether oxygens (including phenoxy) is 2. The molecular weight excluding hydrogens is 324 g/mol. The third-order valence-corrected chi connectivity index (χ3v) is 6.03. The van der Waals surface area contributed by atoms with Gasteiger partial charge in [0.25, 0.3) is 0 Å². The van der Waals surface area contributed by atoms with Crippen molar-refractivity contribution in [2.75, 3.05) is 0 Å². The molecule has 0 amide bonds. The molecule has 0 radical (unpaired) electrons. The highest BCUT2D eigenvalue weighted by atomic mass is 16.6. The van der Waals surface area contributed by atoms with E-state index in [1.165, 1.54) is 6.92 Å². The van der Waals surface area contributed by atoms with Crippen LogP contribution < -0.4 is 0 Å². The van der Waals surface area contributed by atoms with Gasteiger partial charge in [-0.15, -0.1) is 0 Å². The van der Waals surface area contributed by atoms with Crippen molar-refractivity contribution in [1.82, 2.24) is 0 Å². The molecule has 0 aromatic rings. The maximum Gasteiger partial charge on any atom is 0.303 e. The molecule has 0 rings (SSSR count). The van der Waals surface area contributed by atoms with Gasteiger partial charge in [-0.3, -0.25) is 4.79 Å². The fourth-order valence-electron chi connectivity index (χ4n) is 4.16. The number of carbonyl (C=O) groups is 1. The van der Waals surface area contributed by atoms with Crippen LogP contribution in [0.4, 0.5) is 0 Å². The molecule has 3 nitrogen and oxygen atoms in total. The van der Waals surface area contributed by atoms with E-state index in [1.54, 1.807) is 0 Å². The summed E-state index contributed by atoms with van der Waals surface area (Å²) in [5.74, 6) is -0.240. The second kappa shape index (κ2) is 7.45. The molecule has 26 heavy (non-hydrogen) atoms. The summed E-state index contributed by atoms with van der Waals surface area (Å²) in [6.07, 6.45) is 1.80. The average Bonchev–Trinajstić information content (AvgIpc) is 2.18. The quantitative estimate of drug-likeness (QED) is 0.442. The number of carbonyl (C=O) groups excluding carboxylic acids is 1. The Morgan fingerprint density at radius 3 is 1.31 bits per heavy atom.